The molecule has 8 heteroatoms. The summed E-state index contributed by atoms with van der Waals surface area (Å²) in [7, 11) is 1.39. The van der Waals surface area contributed by atoms with Crippen molar-refractivity contribution in [3.05, 3.63) is 34.9 Å². The Morgan fingerprint density at radius 2 is 2.25 bits per heavy atom. The van der Waals surface area contributed by atoms with Crippen LogP contribution in [-0.4, -0.2) is 36.3 Å². The van der Waals surface area contributed by atoms with E-state index >= 15 is 0 Å². The van der Waals surface area contributed by atoms with E-state index in [0.29, 0.717) is 12.5 Å². The molecule has 1 aromatic heterocycles. The largest absolute Gasteiger partial charge is 0.452 e. The Balaban J connectivity index is 1.96. The maximum Gasteiger partial charge on any atom is 0.413 e. The van der Waals surface area contributed by atoms with E-state index in [1.165, 1.54) is 7.11 Å². The molecule has 7 nitrogen and oxygen atoms in total. The van der Waals surface area contributed by atoms with Crippen molar-refractivity contribution in [1.82, 2.24) is 9.97 Å². The predicted octanol–water partition coefficient (Wildman–Crippen LogP) is 3.76. The molecule has 1 aliphatic rings. The van der Waals surface area contributed by atoms with E-state index in [-0.39, 0.29) is 6.09 Å². The van der Waals surface area contributed by atoms with Crippen LogP contribution in [-0.2, 0) is 4.74 Å². The molecule has 2 aromatic rings. The molecule has 1 aromatic carbocycles. The van der Waals surface area contributed by atoms with E-state index < -0.39 is 0 Å². The lowest BCUT2D eigenvalue weighted by atomic mass is 10.2. The first-order chi connectivity index (χ1) is 11.7. The van der Waals surface area contributed by atoms with Gasteiger partial charge >= 0.3 is 6.09 Å². The first-order valence-corrected chi connectivity index (χ1v) is 8.45. The van der Waals surface area contributed by atoms with Gasteiger partial charge in [-0.2, -0.15) is 4.98 Å². The van der Waals surface area contributed by atoms with Crippen molar-refractivity contribution in [2.45, 2.75) is 12.8 Å². The molecule has 24 heavy (non-hydrogen) atoms. The quantitative estimate of drug-likeness (QED) is 0.711. The maximum absolute atomic E-state index is 12.1. The molecule has 3 rings (SSSR count). The van der Waals surface area contributed by atoms with E-state index in [1.807, 2.05) is 24.3 Å². The van der Waals surface area contributed by atoms with Crippen LogP contribution in [0.3, 0.4) is 0 Å². The normalized spacial score (nSPS) is 14.3. The fraction of sp³-hybridized carbons (Fsp3) is 0.312. The highest BCUT2D eigenvalue weighted by Crippen LogP contribution is 2.25. The third-order valence-electron chi connectivity index (χ3n) is 3.65. The fourth-order valence-electron chi connectivity index (χ4n) is 2.47. The third-order valence-corrected chi connectivity index (χ3v) is 4.23. The number of ether oxygens (including phenoxy) is 1. The van der Waals surface area contributed by atoms with Gasteiger partial charge in [0, 0.05) is 30.7 Å². The molecule has 0 unspecified atom stereocenters. The van der Waals surface area contributed by atoms with Crippen LogP contribution in [0.5, 0.6) is 0 Å². The molecule has 4 bridgehead atoms. The second-order valence-corrected chi connectivity index (χ2v) is 6.18. The zero-order valence-corrected chi connectivity index (χ0v) is 14.8. The van der Waals surface area contributed by atoms with Gasteiger partial charge in [0.15, 0.2) is 0 Å². The number of anilines is 4. The molecule has 126 valence electrons. The van der Waals surface area contributed by atoms with Crippen molar-refractivity contribution in [1.29, 1.82) is 0 Å². The molecule has 0 atom stereocenters. The first-order valence-electron chi connectivity index (χ1n) is 7.66. The summed E-state index contributed by atoms with van der Waals surface area (Å²) in [4.78, 5) is 22.5. The highest BCUT2D eigenvalue weighted by molar-refractivity contribution is 9.10. The molecule has 0 saturated carbocycles. The molecule has 1 aliphatic heterocycles. The molecule has 1 amide bonds. The summed E-state index contributed by atoms with van der Waals surface area (Å²) in [5, 5.41) is 6.45. The number of hydrogen-bond donors (Lipinski definition) is 2. The van der Waals surface area contributed by atoms with E-state index in [9.17, 15) is 4.79 Å². The molecule has 0 radical (unpaired) electrons. The van der Waals surface area contributed by atoms with E-state index in [2.05, 4.69) is 36.5 Å². The Morgan fingerprint density at radius 3 is 3.08 bits per heavy atom. The second kappa shape index (κ2) is 7.48. The van der Waals surface area contributed by atoms with Crippen LogP contribution in [0.1, 0.15) is 12.8 Å². The molecule has 0 saturated heterocycles. The average Bonchev–Trinajstić information content (AvgIpc) is 2.60. The number of benzene rings is 1. The standard InChI is InChI=1S/C16H18BrN5O2/c1-24-16(23)22-8-3-2-7-18-14-13(17)10-19-15(21-14)20-11-5-4-6-12(22)9-11/h4-6,9-10H,2-3,7-8H2,1H3,(H2,18,19,20,21). The van der Waals surface area contributed by atoms with Crippen LogP contribution in [0.4, 0.5) is 27.9 Å². The summed E-state index contributed by atoms with van der Waals surface area (Å²) >= 11 is 3.45. The minimum absolute atomic E-state index is 0.366. The van der Waals surface area contributed by atoms with Gasteiger partial charge in [0.25, 0.3) is 0 Å². The van der Waals surface area contributed by atoms with Gasteiger partial charge in [-0.15, -0.1) is 0 Å². The van der Waals surface area contributed by atoms with Crippen molar-refractivity contribution in [2.75, 3.05) is 35.7 Å². The monoisotopic (exact) mass is 391 g/mol. The summed E-state index contributed by atoms with van der Waals surface area (Å²) in [6.07, 6.45) is 3.08. The van der Waals surface area contributed by atoms with Gasteiger partial charge in [-0.3, -0.25) is 4.90 Å². The topological polar surface area (TPSA) is 79.4 Å². The Hall–Kier alpha value is -2.35. The van der Waals surface area contributed by atoms with Crippen LogP contribution >= 0.6 is 15.9 Å². The van der Waals surface area contributed by atoms with Crippen molar-refractivity contribution in [3.63, 3.8) is 0 Å². The maximum atomic E-state index is 12.1. The first kappa shape index (κ1) is 16.5. The molecule has 0 aliphatic carbocycles. The summed E-state index contributed by atoms with van der Waals surface area (Å²) in [5.74, 6) is 1.23. The number of fused-ring (bicyclic) bond motifs is 4. The van der Waals surface area contributed by atoms with Crippen molar-refractivity contribution >= 4 is 45.2 Å². The second-order valence-electron chi connectivity index (χ2n) is 5.32. The minimum Gasteiger partial charge on any atom is -0.452 e. The number of carbonyl (C=O) groups excluding carboxylic acids is 1. The van der Waals surface area contributed by atoms with Gasteiger partial charge in [-0.25, -0.2) is 9.78 Å². The Morgan fingerprint density at radius 1 is 1.38 bits per heavy atom. The third kappa shape index (κ3) is 3.76. The molecule has 2 N–H and O–H groups in total. The van der Waals surface area contributed by atoms with Crippen LogP contribution < -0.4 is 15.5 Å². The number of halogens is 1. The van der Waals surface area contributed by atoms with Crippen LogP contribution in [0.25, 0.3) is 0 Å². The Labute approximate surface area is 148 Å². The number of carbonyl (C=O) groups is 1. The number of rotatable bonds is 0. The summed E-state index contributed by atoms with van der Waals surface area (Å²) in [6.45, 7) is 1.34. The van der Waals surface area contributed by atoms with Crippen LogP contribution in [0, 0.1) is 0 Å². The molecule has 0 fully saturated rings. The van der Waals surface area contributed by atoms with Gasteiger partial charge in [0.05, 0.1) is 11.6 Å². The zero-order chi connectivity index (χ0) is 16.9. The number of aromatic nitrogens is 2. The Bertz CT molecular complexity index is 740. The van der Waals surface area contributed by atoms with Crippen molar-refractivity contribution < 1.29 is 9.53 Å². The van der Waals surface area contributed by atoms with Gasteiger partial charge in [-0.05, 0) is 47.0 Å². The molecular weight excluding hydrogens is 374 g/mol. The molecule has 2 heterocycles. The minimum atomic E-state index is -0.366. The number of hydrogen-bond acceptors (Lipinski definition) is 6. The SMILES string of the molecule is COC(=O)N1CCCCNc2nc(ncc2Br)Nc2cccc1c2. The van der Waals surface area contributed by atoms with Gasteiger partial charge < -0.3 is 15.4 Å². The highest BCUT2D eigenvalue weighted by atomic mass is 79.9. The predicted molar refractivity (Wildman–Crippen MR) is 96.9 cm³/mol. The highest BCUT2D eigenvalue weighted by Gasteiger charge is 2.17. The number of methoxy groups -OCH3 is 1. The average molecular weight is 392 g/mol. The van der Waals surface area contributed by atoms with E-state index in [0.717, 1.165) is 41.1 Å². The van der Waals surface area contributed by atoms with Crippen molar-refractivity contribution in [2.24, 2.45) is 0 Å². The van der Waals surface area contributed by atoms with Crippen molar-refractivity contribution in [3.8, 4) is 0 Å². The Kier molecular flexibility index (Phi) is 5.14. The summed E-state index contributed by atoms with van der Waals surface area (Å²) in [5.41, 5.74) is 1.57. The number of nitrogens with one attached hydrogen (secondary N) is 2. The van der Waals surface area contributed by atoms with Gasteiger partial charge in [0.2, 0.25) is 5.95 Å². The van der Waals surface area contributed by atoms with Gasteiger partial charge in [0.1, 0.15) is 5.82 Å². The fourth-order valence-corrected chi connectivity index (χ4v) is 2.80. The number of amides is 1. The van der Waals surface area contributed by atoms with Crippen LogP contribution in [0.15, 0.2) is 34.9 Å². The number of nitrogens with zero attached hydrogens (tertiary/aromatic N) is 3. The van der Waals surface area contributed by atoms with E-state index in [4.69, 9.17) is 4.74 Å². The van der Waals surface area contributed by atoms with E-state index in [1.54, 1.807) is 11.1 Å². The summed E-state index contributed by atoms with van der Waals surface area (Å²) in [6, 6.07) is 7.55. The van der Waals surface area contributed by atoms with Gasteiger partial charge in [-0.1, -0.05) is 6.07 Å². The molecular formula is C16H18BrN5O2. The van der Waals surface area contributed by atoms with Crippen LogP contribution in [0.2, 0.25) is 0 Å². The lowest BCUT2D eigenvalue weighted by Gasteiger charge is -2.21. The lowest BCUT2D eigenvalue weighted by molar-refractivity contribution is 0.178. The molecule has 0 spiro atoms. The summed E-state index contributed by atoms with van der Waals surface area (Å²) < 4.78 is 5.72. The zero-order valence-electron chi connectivity index (χ0n) is 13.3. The lowest BCUT2D eigenvalue weighted by Crippen LogP contribution is -2.32. The smallest absolute Gasteiger partial charge is 0.413 e.